The average Bonchev–Trinajstić information content (AvgIpc) is 2.39. The Bertz CT molecular complexity index is 448. The van der Waals surface area contributed by atoms with Crippen molar-refractivity contribution in [1.29, 1.82) is 0 Å². The Morgan fingerprint density at radius 1 is 1.29 bits per heavy atom. The van der Waals surface area contributed by atoms with Crippen molar-refractivity contribution in [2.45, 2.75) is 38.9 Å². The van der Waals surface area contributed by atoms with Crippen LogP contribution in [0, 0.1) is 0 Å². The highest BCUT2D eigenvalue weighted by Crippen LogP contribution is 2.27. The van der Waals surface area contributed by atoms with E-state index in [9.17, 15) is 0 Å². The minimum atomic E-state index is 0.376. The molecule has 0 saturated carbocycles. The second-order valence-corrected chi connectivity index (χ2v) is 7.12. The molecule has 0 amide bonds. The molecule has 0 radical (unpaired) electrons. The van der Waals surface area contributed by atoms with Crippen LogP contribution in [-0.4, -0.2) is 38.4 Å². The molecule has 21 heavy (non-hydrogen) atoms. The van der Waals surface area contributed by atoms with E-state index in [4.69, 9.17) is 21.1 Å². The number of ether oxygens (including phenoxy) is 2. The predicted octanol–water partition coefficient (Wildman–Crippen LogP) is 2.95. The molecule has 0 aromatic heterocycles. The van der Waals surface area contributed by atoms with Crippen LogP contribution in [0.4, 0.5) is 0 Å². The van der Waals surface area contributed by atoms with E-state index in [1.165, 1.54) is 13.0 Å². The molecule has 1 N–H and O–H groups in total. The van der Waals surface area contributed by atoms with Gasteiger partial charge < -0.3 is 14.4 Å². The molecular formula is C16H24BrClNO2+. The van der Waals surface area contributed by atoms with Crippen molar-refractivity contribution in [1.82, 2.24) is 0 Å². The van der Waals surface area contributed by atoms with Gasteiger partial charge in [0.15, 0.2) is 0 Å². The fourth-order valence-electron chi connectivity index (χ4n) is 2.84. The summed E-state index contributed by atoms with van der Waals surface area (Å²) >= 11 is 9.51. The zero-order chi connectivity index (χ0) is 15.2. The Labute approximate surface area is 140 Å². The SMILES string of the molecule is C[C@@H]1C[NH+](CCCCOc2ccc(Br)cc2Cl)C[C@@H](C)O1. The van der Waals surface area contributed by atoms with E-state index < -0.39 is 0 Å². The minimum absolute atomic E-state index is 0.376. The second kappa shape index (κ2) is 8.37. The number of morpholine rings is 1. The molecule has 1 aromatic rings. The lowest BCUT2D eigenvalue weighted by Crippen LogP contribution is -3.15. The molecule has 118 valence electrons. The normalized spacial score (nSPS) is 25.8. The number of nitrogens with one attached hydrogen (secondary N) is 1. The zero-order valence-corrected chi connectivity index (χ0v) is 15.0. The highest BCUT2D eigenvalue weighted by molar-refractivity contribution is 9.10. The molecule has 3 nitrogen and oxygen atoms in total. The molecule has 2 atom stereocenters. The number of halogens is 2. The highest BCUT2D eigenvalue weighted by Gasteiger charge is 2.24. The summed E-state index contributed by atoms with van der Waals surface area (Å²) in [5.74, 6) is 0.765. The molecule has 0 unspecified atom stereocenters. The third kappa shape index (κ3) is 5.78. The molecule has 1 saturated heterocycles. The van der Waals surface area contributed by atoms with Gasteiger partial charge in [0.25, 0.3) is 0 Å². The minimum Gasteiger partial charge on any atom is -0.492 e. The molecule has 1 aliphatic heterocycles. The largest absolute Gasteiger partial charge is 0.492 e. The molecular weight excluding hydrogens is 354 g/mol. The first-order valence-corrected chi connectivity index (χ1v) is 8.78. The van der Waals surface area contributed by atoms with E-state index in [1.807, 2.05) is 18.2 Å². The topological polar surface area (TPSA) is 22.9 Å². The van der Waals surface area contributed by atoms with Crippen molar-refractivity contribution < 1.29 is 14.4 Å². The first-order chi connectivity index (χ1) is 10.0. The van der Waals surface area contributed by atoms with E-state index in [0.717, 1.165) is 36.3 Å². The number of unbranched alkanes of at least 4 members (excludes halogenated alkanes) is 1. The first-order valence-electron chi connectivity index (χ1n) is 7.61. The van der Waals surface area contributed by atoms with Gasteiger partial charge >= 0.3 is 0 Å². The Balaban J connectivity index is 1.63. The summed E-state index contributed by atoms with van der Waals surface area (Å²) in [7, 11) is 0. The smallest absolute Gasteiger partial charge is 0.137 e. The quantitative estimate of drug-likeness (QED) is 0.770. The molecule has 1 heterocycles. The van der Waals surface area contributed by atoms with Crippen LogP contribution in [0.15, 0.2) is 22.7 Å². The van der Waals surface area contributed by atoms with Crippen LogP contribution in [0.3, 0.4) is 0 Å². The van der Waals surface area contributed by atoms with Gasteiger partial charge in [-0.2, -0.15) is 0 Å². The highest BCUT2D eigenvalue weighted by atomic mass is 79.9. The number of benzene rings is 1. The molecule has 2 rings (SSSR count). The molecule has 1 aliphatic rings. The van der Waals surface area contributed by atoms with E-state index in [2.05, 4.69) is 29.8 Å². The second-order valence-electron chi connectivity index (χ2n) is 5.80. The molecule has 0 bridgehead atoms. The number of quaternary nitrogens is 1. The summed E-state index contributed by atoms with van der Waals surface area (Å²) < 4.78 is 12.5. The van der Waals surface area contributed by atoms with Crippen LogP contribution in [-0.2, 0) is 4.74 Å². The lowest BCUT2D eigenvalue weighted by molar-refractivity contribution is -0.915. The summed E-state index contributed by atoms with van der Waals surface area (Å²) in [5, 5.41) is 0.658. The van der Waals surface area contributed by atoms with E-state index in [0.29, 0.717) is 17.2 Å². The first kappa shape index (κ1) is 17.1. The Morgan fingerprint density at radius 2 is 2.00 bits per heavy atom. The van der Waals surface area contributed by atoms with E-state index in [1.54, 1.807) is 4.90 Å². The standard InChI is InChI=1S/C16H23BrClNO2/c1-12-10-19(11-13(2)21-12)7-3-4-8-20-16-6-5-14(17)9-15(16)18/h5-6,9,12-13H,3-4,7-8,10-11H2,1-2H3/p+1/t12-,13-/m1/s1. The molecule has 5 heteroatoms. The number of hydrogen-bond acceptors (Lipinski definition) is 2. The fraction of sp³-hybridized carbons (Fsp3) is 0.625. The van der Waals surface area contributed by atoms with E-state index >= 15 is 0 Å². The third-order valence-corrected chi connectivity index (χ3v) is 4.48. The van der Waals surface area contributed by atoms with Gasteiger partial charge in [-0.1, -0.05) is 27.5 Å². The van der Waals surface area contributed by atoms with Crippen molar-refractivity contribution in [2.24, 2.45) is 0 Å². The van der Waals surface area contributed by atoms with Gasteiger partial charge in [0.2, 0.25) is 0 Å². The predicted molar refractivity (Wildman–Crippen MR) is 89.5 cm³/mol. The third-order valence-electron chi connectivity index (χ3n) is 3.69. The lowest BCUT2D eigenvalue weighted by atomic mass is 10.2. The van der Waals surface area contributed by atoms with Crippen molar-refractivity contribution in [3.63, 3.8) is 0 Å². The summed E-state index contributed by atoms with van der Waals surface area (Å²) in [4.78, 5) is 1.64. The van der Waals surface area contributed by atoms with Crippen LogP contribution >= 0.6 is 27.5 Å². The van der Waals surface area contributed by atoms with Crippen molar-refractivity contribution in [3.8, 4) is 5.75 Å². The van der Waals surface area contributed by atoms with Crippen molar-refractivity contribution in [3.05, 3.63) is 27.7 Å². The van der Waals surface area contributed by atoms with Crippen molar-refractivity contribution >= 4 is 27.5 Å². The van der Waals surface area contributed by atoms with Crippen LogP contribution in [0.2, 0.25) is 5.02 Å². The Kier molecular flexibility index (Phi) is 6.80. The summed E-state index contributed by atoms with van der Waals surface area (Å²) in [5.41, 5.74) is 0. The lowest BCUT2D eigenvalue weighted by Gasteiger charge is -2.32. The Hall–Kier alpha value is -0.290. The number of rotatable bonds is 6. The fourth-order valence-corrected chi connectivity index (χ4v) is 3.57. The molecule has 1 fully saturated rings. The van der Waals surface area contributed by atoms with Crippen LogP contribution < -0.4 is 9.64 Å². The van der Waals surface area contributed by atoms with Gasteiger partial charge in [0.05, 0.1) is 18.2 Å². The van der Waals surface area contributed by atoms with Gasteiger partial charge in [-0.15, -0.1) is 0 Å². The summed E-state index contributed by atoms with van der Waals surface area (Å²) in [6.07, 6.45) is 2.98. The molecule has 1 aromatic carbocycles. The van der Waals surface area contributed by atoms with Gasteiger partial charge in [-0.25, -0.2) is 0 Å². The van der Waals surface area contributed by atoms with Crippen molar-refractivity contribution in [2.75, 3.05) is 26.2 Å². The summed E-state index contributed by atoms with van der Waals surface area (Å²) in [6.45, 7) is 8.46. The number of hydrogen-bond donors (Lipinski definition) is 1. The maximum absolute atomic E-state index is 6.12. The van der Waals surface area contributed by atoms with Gasteiger partial charge in [0.1, 0.15) is 31.0 Å². The van der Waals surface area contributed by atoms with Crippen LogP contribution in [0.25, 0.3) is 0 Å². The monoisotopic (exact) mass is 376 g/mol. The van der Waals surface area contributed by atoms with Crippen LogP contribution in [0.5, 0.6) is 5.75 Å². The maximum atomic E-state index is 6.12. The Morgan fingerprint density at radius 3 is 2.67 bits per heavy atom. The molecule has 0 spiro atoms. The van der Waals surface area contributed by atoms with Gasteiger partial charge in [0, 0.05) is 4.47 Å². The average molecular weight is 378 g/mol. The van der Waals surface area contributed by atoms with Gasteiger partial charge in [-0.05, 0) is 44.9 Å². The zero-order valence-electron chi connectivity index (χ0n) is 12.7. The molecule has 0 aliphatic carbocycles. The summed E-state index contributed by atoms with van der Waals surface area (Å²) in [6, 6.07) is 5.71. The van der Waals surface area contributed by atoms with Crippen LogP contribution in [0.1, 0.15) is 26.7 Å². The van der Waals surface area contributed by atoms with Gasteiger partial charge in [-0.3, -0.25) is 0 Å². The maximum Gasteiger partial charge on any atom is 0.137 e. The van der Waals surface area contributed by atoms with E-state index in [-0.39, 0.29) is 0 Å².